The quantitative estimate of drug-likeness (QED) is 0.432. The smallest absolute Gasteiger partial charge is 0.260 e. The molecule has 208 valence electrons. The van der Waals surface area contributed by atoms with Crippen LogP contribution in [0.2, 0.25) is 0 Å². The molecule has 1 atom stereocenters. The zero-order valence-corrected chi connectivity index (χ0v) is 23.5. The van der Waals surface area contributed by atoms with E-state index in [9.17, 15) is 18.0 Å². The van der Waals surface area contributed by atoms with Crippen LogP contribution in [-0.2, 0) is 39.8 Å². The fourth-order valence-electron chi connectivity index (χ4n) is 5.28. The molecular formula is C29H32N6O4S. The van der Waals surface area contributed by atoms with E-state index in [1.54, 1.807) is 18.5 Å². The maximum absolute atomic E-state index is 14.0. The molecule has 0 spiro atoms. The van der Waals surface area contributed by atoms with E-state index < -0.39 is 21.3 Å². The summed E-state index contributed by atoms with van der Waals surface area (Å²) in [6.45, 7) is 4.64. The first-order chi connectivity index (χ1) is 19.0. The van der Waals surface area contributed by atoms with Crippen molar-refractivity contribution in [3.63, 3.8) is 0 Å². The van der Waals surface area contributed by atoms with Crippen LogP contribution in [0.3, 0.4) is 0 Å². The zero-order chi connectivity index (χ0) is 28.7. The van der Waals surface area contributed by atoms with Gasteiger partial charge in [0.25, 0.3) is 11.8 Å². The van der Waals surface area contributed by atoms with Crippen molar-refractivity contribution in [3.8, 4) is 0 Å². The van der Waals surface area contributed by atoms with E-state index in [2.05, 4.69) is 29.1 Å². The second-order valence-corrected chi connectivity index (χ2v) is 12.8. The van der Waals surface area contributed by atoms with Crippen LogP contribution in [-0.4, -0.2) is 52.2 Å². The van der Waals surface area contributed by atoms with Gasteiger partial charge in [0.15, 0.2) is 15.8 Å². The first-order valence-corrected chi connectivity index (χ1v) is 15.0. The van der Waals surface area contributed by atoms with Crippen LogP contribution >= 0.6 is 0 Å². The lowest BCUT2D eigenvalue weighted by Gasteiger charge is -2.28. The standard InChI is InChI=1S/C29H32N6O4S/c1-19(2)11-12-29(21-7-5-4-6-8-21)27(37)35(28(30)33-29)16-20-9-10-25(40(3,38)39)22(15-20)26(36)34-17-23-24(18-34)32-14-13-31-23/h4-10,13-15,19H,11-12,16-18H2,1-3H3,(H2,30,33)/t29-/m1/s1. The number of nitrogens with zero attached hydrogens (tertiary/aromatic N) is 4. The average molecular weight is 561 g/mol. The third-order valence-electron chi connectivity index (χ3n) is 7.42. The second-order valence-electron chi connectivity index (χ2n) is 10.8. The average Bonchev–Trinajstić information content (AvgIpc) is 3.46. The van der Waals surface area contributed by atoms with Gasteiger partial charge in [0.2, 0.25) is 0 Å². The molecule has 1 fully saturated rings. The van der Waals surface area contributed by atoms with E-state index in [0.29, 0.717) is 29.3 Å². The minimum Gasteiger partial charge on any atom is -0.338 e. The summed E-state index contributed by atoms with van der Waals surface area (Å²) in [5, 5.41) is 11.8. The zero-order valence-electron chi connectivity index (χ0n) is 22.7. The third kappa shape index (κ3) is 5.08. The van der Waals surface area contributed by atoms with Gasteiger partial charge >= 0.3 is 0 Å². The lowest BCUT2D eigenvalue weighted by molar-refractivity contribution is -0.132. The molecule has 11 heteroatoms. The Balaban J connectivity index is 1.46. The summed E-state index contributed by atoms with van der Waals surface area (Å²) in [7, 11) is -3.73. The Kier molecular flexibility index (Phi) is 7.17. The van der Waals surface area contributed by atoms with Gasteiger partial charge in [0.1, 0.15) is 5.54 Å². The number of nitrogens with one attached hydrogen (secondary N) is 2. The van der Waals surface area contributed by atoms with Crippen LogP contribution in [0.15, 0.2) is 65.8 Å². The molecule has 2 aliphatic rings. The monoisotopic (exact) mass is 560 g/mol. The Morgan fingerprint density at radius 2 is 1.73 bits per heavy atom. The van der Waals surface area contributed by atoms with Gasteiger partial charge in [0, 0.05) is 18.6 Å². The maximum atomic E-state index is 14.0. The van der Waals surface area contributed by atoms with E-state index in [4.69, 9.17) is 5.41 Å². The summed E-state index contributed by atoms with van der Waals surface area (Å²) in [6, 6.07) is 13.9. The SMILES string of the molecule is CC(C)CC[C@]1(c2ccccc2)NC(=N)N(Cc2ccc(S(C)(=O)=O)c(C(=O)N3Cc4nccnc4C3)c2)C1=O. The highest BCUT2D eigenvalue weighted by atomic mass is 32.2. The Hall–Kier alpha value is -4.12. The minimum atomic E-state index is -3.73. The Morgan fingerprint density at radius 3 is 2.33 bits per heavy atom. The number of hydrogen-bond donors (Lipinski definition) is 2. The predicted molar refractivity (Wildman–Crippen MR) is 149 cm³/mol. The number of aromatic nitrogens is 2. The van der Waals surface area contributed by atoms with Gasteiger partial charge in [-0.05, 0) is 42.0 Å². The molecule has 2 aliphatic heterocycles. The van der Waals surface area contributed by atoms with Crippen molar-refractivity contribution in [3.05, 3.63) is 89.0 Å². The molecule has 0 saturated carbocycles. The molecule has 10 nitrogen and oxygen atoms in total. The first-order valence-electron chi connectivity index (χ1n) is 13.1. The van der Waals surface area contributed by atoms with Gasteiger partial charge in [-0.2, -0.15) is 0 Å². The van der Waals surface area contributed by atoms with Crippen molar-refractivity contribution in [2.45, 2.75) is 56.8 Å². The largest absolute Gasteiger partial charge is 0.338 e. The van der Waals surface area contributed by atoms with Crippen LogP contribution in [0.25, 0.3) is 0 Å². The van der Waals surface area contributed by atoms with Crippen molar-refractivity contribution in [1.82, 2.24) is 25.1 Å². The normalized spacial score (nSPS) is 18.8. The number of carbonyl (C=O) groups is 2. The van der Waals surface area contributed by atoms with Gasteiger partial charge in [-0.1, -0.05) is 50.2 Å². The number of amides is 2. The Bertz CT molecular complexity index is 1570. The van der Waals surface area contributed by atoms with Crippen molar-refractivity contribution in [2.24, 2.45) is 5.92 Å². The number of sulfone groups is 1. The van der Waals surface area contributed by atoms with Crippen molar-refractivity contribution in [1.29, 1.82) is 5.41 Å². The molecule has 2 amide bonds. The highest BCUT2D eigenvalue weighted by molar-refractivity contribution is 7.90. The topological polar surface area (TPSA) is 136 Å². The van der Waals surface area contributed by atoms with Gasteiger partial charge < -0.3 is 10.2 Å². The van der Waals surface area contributed by atoms with E-state index in [-0.39, 0.29) is 42.0 Å². The molecular weight excluding hydrogens is 528 g/mol. The molecule has 1 aromatic heterocycles. The molecule has 3 aromatic rings. The number of hydrogen-bond acceptors (Lipinski definition) is 7. The molecule has 1 saturated heterocycles. The van der Waals surface area contributed by atoms with Crippen molar-refractivity contribution < 1.29 is 18.0 Å². The third-order valence-corrected chi connectivity index (χ3v) is 8.57. The summed E-state index contributed by atoms with van der Waals surface area (Å²) < 4.78 is 25.2. The highest BCUT2D eigenvalue weighted by Gasteiger charge is 2.50. The van der Waals surface area contributed by atoms with Crippen LogP contribution in [0, 0.1) is 11.3 Å². The summed E-state index contributed by atoms with van der Waals surface area (Å²) in [5.74, 6) is -0.391. The molecule has 3 heterocycles. The van der Waals surface area contributed by atoms with Gasteiger partial charge in [0.05, 0.1) is 41.5 Å². The maximum Gasteiger partial charge on any atom is 0.260 e. The van der Waals surface area contributed by atoms with Crippen LogP contribution in [0.5, 0.6) is 0 Å². The van der Waals surface area contributed by atoms with Gasteiger partial charge in [-0.25, -0.2) is 8.42 Å². The van der Waals surface area contributed by atoms with Gasteiger partial charge in [-0.15, -0.1) is 0 Å². The predicted octanol–water partition coefficient (Wildman–Crippen LogP) is 3.23. The first kappa shape index (κ1) is 27.4. The summed E-state index contributed by atoms with van der Waals surface area (Å²) >= 11 is 0. The molecule has 2 N–H and O–H groups in total. The molecule has 2 aromatic carbocycles. The molecule has 40 heavy (non-hydrogen) atoms. The van der Waals surface area contributed by atoms with Crippen molar-refractivity contribution >= 4 is 27.6 Å². The summed E-state index contributed by atoms with van der Waals surface area (Å²) in [5.41, 5.74) is 1.62. The van der Waals surface area contributed by atoms with Gasteiger partial charge in [-0.3, -0.25) is 29.9 Å². The van der Waals surface area contributed by atoms with E-state index in [0.717, 1.165) is 18.2 Å². The Morgan fingerprint density at radius 1 is 1.07 bits per heavy atom. The summed E-state index contributed by atoms with van der Waals surface area (Å²) in [6.07, 6.45) is 5.47. The summed E-state index contributed by atoms with van der Waals surface area (Å²) in [4.78, 5) is 38.9. The number of fused-ring (bicyclic) bond motifs is 1. The Labute approximate surface area is 233 Å². The van der Waals surface area contributed by atoms with Crippen molar-refractivity contribution in [2.75, 3.05) is 6.26 Å². The van der Waals surface area contributed by atoms with Crippen LogP contribution < -0.4 is 5.32 Å². The molecule has 0 aliphatic carbocycles. The molecule has 0 unspecified atom stereocenters. The van der Waals surface area contributed by atoms with E-state index >= 15 is 0 Å². The molecule has 5 rings (SSSR count). The second kappa shape index (κ2) is 10.5. The molecule has 0 radical (unpaired) electrons. The van der Waals surface area contributed by atoms with Crippen LogP contribution in [0.1, 0.15) is 59.6 Å². The fraction of sp³-hybridized carbons (Fsp3) is 0.345. The number of guanidine groups is 1. The fourth-order valence-corrected chi connectivity index (χ4v) is 6.14. The lowest BCUT2D eigenvalue weighted by atomic mass is 9.83. The van der Waals surface area contributed by atoms with E-state index in [1.807, 2.05) is 30.3 Å². The number of carbonyl (C=O) groups excluding carboxylic acids is 2. The lowest BCUT2D eigenvalue weighted by Crippen LogP contribution is -2.44. The molecule has 0 bridgehead atoms. The minimum absolute atomic E-state index is 0.00852. The number of benzene rings is 2. The number of rotatable bonds is 8. The highest BCUT2D eigenvalue weighted by Crippen LogP contribution is 2.35. The van der Waals surface area contributed by atoms with Crippen LogP contribution in [0.4, 0.5) is 0 Å². The van der Waals surface area contributed by atoms with E-state index in [1.165, 1.54) is 21.9 Å².